The lowest BCUT2D eigenvalue weighted by Crippen LogP contribution is -2.46. The van der Waals surface area contributed by atoms with Crippen molar-refractivity contribution >= 4 is 17.5 Å². The Hall–Kier alpha value is -1.18. The number of nitrogens with zero attached hydrogens (tertiary/aromatic N) is 2. The summed E-state index contributed by atoms with van der Waals surface area (Å²) in [4.78, 5) is 17.6. The third-order valence-corrected chi connectivity index (χ3v) is 6.52. The standard InChI is InChI=1S/C22H35ClN4O2/c1-3-26-11-8-18(9-12-26)25-19-14-21(22(28)24-10-13-29-2)27(16-19)15-17-6-4-5-7-20(17)23/h4-7,18-19,21,25H,3,8-16H2,1-2H3,(H,24,28)/t19-,21-/m0/s1. The maximum atomic E-state index is 12.8. The van der Waals surface area contributed by atoms with Crippen molar-refractivity contribution in [1.82, 2.24) is 20.4 Å². The van der Waals surface area contributed by atoms with Crippen LogP contribution in [0.1, 0.15) is 31.7 Å². The van der Waals surface area contributed by atoms with Crippen molar-refractivity contribution in [1.29, 1.82) is 0 Å². The molecule has 7 heteroatoms. The van der Waals surface area contributed by atoms with Crippen molar-refractivity contribution < 1.29 is 9.53 Å². The molecule has 2 N–H and O–H groups in total. The Morgan fingerprint density at radius 1 is 1.24 bits per heavy atom. The summed E-state index contributed by atoms with van der Waals surface area (Å²) in [5.74, 6) is 0.0826. The van der Waals surface area contributed by atoms with Gasteiger partial charge in [0.25, 0.3) is 0 Å². The van der Waals surface area contributed by atoms with Crippen LogP contribution in [0.4, 0.5) is 0 Å². The quantitative estimate of drug-likeness (QED) is 0.597. The van der Waals surface area contributed by atoms with Crippen molar-refractivity contribution in [3.63, 3.8) is 0 Å². The first kappa shape index (κ1) is 22.5. The monoisotopic (exact) mass is 422 g/mol. The normalized spacial score (nSPS) is 24.1. The Labute approximate surface area is 179 Å². The van der Waals surface area contributed by atoms with Gasteiger partial charge in [0.2, 0.25) is 5.91 Å². The summed E-state index contributed by atoms with van der Waals surface area (Å²) in [5, 5.41) is 7.62. The Bertz CT molecular complexity index is 651. The molecule has 2 aliphatic rings. The smallest absolute Gasteiger partial charge is 0.237 e. The topological polar surface area (TPSA) is 56.8 Å². The molecule has 2 fully saturated rings. The number of piperidine rings is 1. The fraction of sp³-hybridized carbons (Fsp3) is 0.682. The highest BCUT2D eigenvalue weighted by Gasteiger charge is 2.37. The number of carbonyl (C=O) groups is 1. The molecule has 2 atom stereocenters. The Kier molecular flexibility index (Phi) is 8.75. The second kappa shape index (κ2) is 11.3. The second-order valence-electron chi connectivity index (χ2n) is 8.13. The maximum Gasteiger partial charge on any atom is 0.237 e. The minimum Gasteiger partial charge on any atom is -0.383 e. The predicted octanol–water partition coefficient (Wildman–Crippen LogP) is 2.12. The number of hydrogen-bond donors (Lipinski definition) is 2. The molecule has 0 aliphatic carbocycles. The number of carbonyl (C=O) groups excluding carboxylic acids is 1. The van der Waals surface area contributed by atoms with Crippen LogP contribution in [0.3, 0.4) is 0 Å². The van der Waals surface area contributed by atoms with Crippen LogP contribution in [0.5, 0.6) is 0 Å². The molecule has 2 heterocycles. The lowest BCUT2D eigenvalue weighted by molar-refractivity contribution is -0.125. The van der Waals surface area contributed by atoms with Crippen LogP contribution >= 0.6 is 11.6 Å². The average Bonchev–Trinajstić information content (AvgIpc) is 3.12. The van der Waals surface area contributed by atoms with Crippen LogP contribution in [-0.4, -0.2) is 80.3 Å². The lowest BCUT2D eigenvalue weighted by Gasteiger charge is -2.33. The number of amides is 1. The number of likely N-dealkylation sites (tertiary alicyclic amines) is 2. The Morgan fingerprint density at radius 3 is 2.69 bits per heavy atom. The highest BCUT2D eigenvalue weighted by Crippen LogP contribution is 2.25. The first-order valence-electron chi connectivity index (χ1n) is 10.8. The molecule has 2 aliphatic heterocycles. The molecular formula is C22H35ClN4O2. The van der Waals surface area contributed by atoms with Gasteiger partial charge in [0.1, 0.15) is 0 Å². The van der Waals surface area contributed by atoms with Gasteiger partial charge in [-0.1, -0.05) is 36.7 Å². The number of methoxy groups -OCH3 is 1. The van der Waals surface area contributed by atoms with E-state index >= 15 is 0 Å². The highest BCUT2D eigenvalue weighted by molar-refractivity contribution is 6.31. The van der Waals surface area contributed by atoms with Gasteiger partial charge in [-0.25, -0.2) is 0 Å². The van der Waals surface area contributed by atoms with E-state index in [2.05, 4.69) is 27.4 Å². The minimum atomic E-state index is -0.142. The molecule has 0 spiro atoms. The molecule has 0 radical (unpaired) electrons. The van der Waals surface area contributed by atoms with Gasteiger partial charge in [0, 0.05) is 43.9 Å². The number of benzene rings is 1. The van der Waals surface area contributed by atoms with Crippen LogP contribution in [0, 0.1) is 0 Å². The van der Waals surface area contributed by atoms with Crippen LogP contribution in [-0.2, 0) is 16.1 Å². The van der Waals surface area contributed by atoms with E-state index < -0.39 is 0 Å². The molecule has 1 aromatic carbocycles. The van der Waals surface area contributed by atoms with Crippen molar-refractivity contribution in [2.45, 2.75) is 50.9 Å². The largest absolute Gasteiger partial charge is 0.383 e. The minimum absolute atomic E-state index is 0.0826. The number of hydrogen-bond acceptors (Lipinski definition) is 5. The molecule has 3 rings (SSSR count). The van der Waals surface area contributed by atoms with E-state index in [0.717, 1.165) is 43.2 Å². The van der Waals surface area contributed by atoms with E-state index in [-0.39, 0.29) is 11.9 Å². The van der Waals surface area contributed by atoms with Gasteiger partial charge in [0.05, 0.1) is 12.6 Å². The van der Waals surface area contributed by atoms with Gasteiger partial charge in [-0.05, 0) is 50.5 Å². The van der Waals surface area contributed by atoms with Crippen LogP contribution in [0.2, 0.25) is 5.02 Å². The fourth-order valence-electron chi connectivity index (χ4n) is 4.46. The zero-order valence-electron chi connectivity index (χ0n) is 17.7. The van der Waals surface area contributed by atoms with Crippen molar-refractivity contribution in [2.75, 3.05) is 46.4 Å². The summed E-state index contributed by atoms with van der Waals surface area (Å²) in [6.07, 6.45) is 3.19. The predicted molar refractivity (Wildman–Crippen MR) is 117 cm³/mol. The second-order valence-corrected chi connectivity index (χ2v) is 8.54. The molecule has 1 aromatic rings. The molecule has 2 saturated heterocycles. The first-order valence-corrected chi connectivity index (χ1v) is 11.2. The number of rotatable bonds is 9. The van der Waals surface area contributed by atoms with Gasteiger partial charge in [0.15, 0.2) is 0 Å². The summed E-state index contributed by atoms with van der Waals surface area (Å²) in [6, 6.07) is 8.63. The van der Waals surface area contributed by atoms with Gasteiger partial charge < -0.3 is 20.3 Å². The molecule has 29 heavy (non-hydrogen) atoms. The molecule has 0 saturated carbocycles. The molecular weight excluding hydrogens is 388 g/mol. The van der Waals surface area contributed by atoms with E-state index in [1.54, 1.807) is 7.11 Å². The third-order valence-electron chi connectivity index (χ3n) is 6.15. The van der Waals surface area contributed by atoms with E-state index in [0.29, 0.717) is 31.8 Å². The SMILES string of the molecule is CCN1CCC(N[C@H]2C[C@@H](C(=O)NCCOC)N(Cc3ccccc3Cl)C2)CC1. The summed E-state index contributed by atoms with van der Waals surface area (Å²) in [6.45, 7) is 8.29. The summed E-state index contributed by atoms with van der Waals surface area (Å²) < 4.78 is 5.07. The number of halogens is 1. The molecule has 0 bridgehead atoms. The number of nitrogens with one attached hydrogen (secondary N) is 2. The van der Waals surface area contributed by atoms with Gasteiger partial charge in [-0.2, -0.15) is 0 Å². The highest BCUT2D eigenvalue weighted by atomic mass is 35.5. The molecule has 6 nitrogen and oxygen atoms in total. The van der Waals surface area contributed by atoms with E-state index in [9.17, 15) is 4.79 Å². The van der Waals surface area contributed by atoms with E-state index in [1.807, 2.05) is 24.3 Å². The zero-order valence-corrected chi connectivity index (χ0v) is 18.5. The van der Waals surface area contributed by atoms with Gasteiger partial charge in [-0.3, -0.25) is 9.69 Å². The van der Waals surface area contributed by atoms with E-state index in [1.165, 1.54) is 12.8 Å². The van der Waals surface area contributed by atoms with E-state index in [4.69, 9.17) is 16.3 Å². The molecule has 0 unspecified atom stereocenters. The van der Waals surface area contributed by atoms with Crippen molar-refractivity contribution in [2.24, 2.45) is 0 Å². The van der Waals surface area contributed by atoms with Crippen LogP contribution < -0.4 is 10.6 Å². The molecule has 162 valence electrons. The Morgan fingerprint density at radius 2 is 2.00 bits per heavy atom. The third kappa shape index (κ3) is 6.40. The molecule has 0 aromatic heterocycles. The zero-order chi connectivity index (χ0) is 20.6. The first-order chi connectivity index (χ1) is 14.1. The summed E-state index contributed by atoms with van der Waals surface area (Å²) in [5.41, 5.74) is 1.07. The Balaban J connectivity index is 1.61. The van der Waals surface area contributed by atoms with Crippen LogP contribution in [0.15, 0.2) is 24.3 Å². The van der Waals surface area contributed by atoms with Gasteiger partial charge >= 0.3 is 0 Å². The fourth-order valence-corrected chi connectivity index (χ4v) is 4.66. The summed E-state index contributed by atoms with van der Waals surface area (Å²) >= 11 is 6.39. The van der Waals surface area contributed by atoms with Crippen molar-refractivity contribution in [3.8, 4) is 0 Å². The maximum absolute atomic E-state index is 12.8. The molecule has 1 amide bonds. The van der Waals surface area contributed by atoms with Crippen LogP contribution in [0.25, 0.3) is 0 Å². The van der Waals surface area contributed by atoms with Crippen molar-refractivity contribution in [3.05, 3.63) is 34.9 Å². The van der Waals surface area contributed by atoms with Gasteiger partial charge in [-0.15, -0.1) is 0 Å². The average molecular weight is 423 g/mol. The summed E-state index contributed by atoms with van der Waals surface area (Å²) in [7, 11) is 1.65. The lowest BCUT2D eigenvalue weighted by atomic mass is 10.0. The number of ether oxygens (including phenoxy) is 1.